The summed E-state index contributed by atoms with van der Waals surface area (Å²) in [6, 6.07) is 14.3. The Morgan fingerprint density at radius 1 is 1.12 bits per heavy atom. The number of benzene rings is 2. The Labute approximate surface area is 143 Å². The molecule has 0 atom stereocenters. The third-order valence-corrected chi connectivity index (χ3v) is 3.83. The Morgan fingerprint density at radius 2 is 1.88 bits per heavy atom. The highest BCUT2D eigenvalue weighted by Crippen LogP contribution is 2.26. The van der Waals surface area contributed by atoms with Crippen LogP contribution in [-0.4, -0.2) is 21.7 Å². The lowest BCUT2D eigenvalue weighted by atomic mass is 10.1. The van der Waals surface area contributed by atoms with Gasteiger partial charge in [-0.3, -0.25) is 9.36 Å². The highest BCUT2D eigenvalue weighted by atomic mass is 35.5. The number of rotatable bonds is 4. The van der Waals surface area contributed by atoms with Crippen molar-refractivity contribution in [2.45, 2.75) is 13.0 Å². The van der Waals surface area contributed by atoms with Gasteiger partial charge in [0.05, 0.1) is 11.9 Å². The van der Waals surface area contributed by atoms with E-state index >= 15 is 0 Å². The topological polar surface area (TPSA) is 68.5 Å². The maximum Gasteiger partial charge on any atom is 0.418 e. The molecule has 122 valence electrons. The van der Waals surface area contributed by atoms with Crippen LogP contribution < -0.4 is 0 Å². The van der Waals surface area contributed by atoms with Gasteiger partial charge in [0.1, 0.15) is 6.61 Å². The molecule has 0 amide bonds. The molecule has 24 heavy (non-hydrogen) atoms. The van der Waals surface area contributed by atoms with Crippen molar-refractivity contribution < 1.29 is 19.4 Å². The summed E-state index contributed by atoms with van der Waals surface area (Å²) in [6.45, 7) is 0.140. The van der Waals surface area contributed by atoms with E-state index in [9.17, 15) is 9.59 Å². The first kappa shape index (κ1) is 16.1. The SMILES string of the molecule is O=C(O)Cc1cn(C(=O)OCc2ccccc2)c2ccc(Cl)cc12. The van der Waals surface area contributed by atoms with E-state index in [1.165, 1.54) is 10.8 Å². The average Bonchev–Trinajstić information content (AvgIpc) is 2.91. The number of fused-ring (bicyclic) bond motifs is 1. The van der Waals surface area contributed by atoms with Gasteiger partial charge in [0.2, 0.25) is 0 Å². The molecular formula is C18H14ClNO4. The van der Waals surface area contributed by atoms with Crippen LogP contribution in [0.2, 0.25) is 5.02 Å². The highest BCUT2D eigenvalue weighted by molar-refractivity contribution is 6.31. The smallest absolute Gasteiger partial charge is 0.418 e. The van der Waals surface area contributed by atoms with Crippen LogP contribution in [0.15, 0.2) is 54.7 Å². The minimum absolute atomic E-state index is 0.140. The number of carboxylic acids is 1. The summed E-state index contributed by atoms with van der Waals surface area (Å²) in [4.78, 5) is 23.4. The average molecular weight is 344 g/mol. The Morgan fingerprint density at radius 3 is 2.58 bits per heavy atom. The summed E-state index contributed by atoms with van der Waals surface area (Å²) in [5.41, 5.74) is 1.95. The lowest BCUT2D eigenvalue weighted by Crippen LogP contribution is -2.12. The fourth-order valence-electron chi connectivity index (χ4n) is 2.51. The Kier molecular flexibility index (Phi) is 4.53. The van der Waals surface area contributed by atoms with Gasteiger partial charge in [0, 0.05) is 16.6 Å². The predicted octanol–water partition coefficient (Wildman–Crippen LogP) is 4.11. The van der Waals surface area contributed by atoms with Crippen molar-refractivity contribution in [3.63, 3.8) is 0 Å². The summed E-state index contributed by atoms with van der Waals surface area (Å²) in [5, 5.41) is 10.1. The van der Waals surface area contributed by atoms with Crippen molar-refractivity contribution >= 4 is 34.6 Å². The zero-order chi connectivity index (χ0) is 17.1. The molecule has 0 aliphatic heterocycles. The number of hydrogen-bond acceptors (Lipinski definition) is 3. The quantitative estimate of drug-likeness (QED) is 0.774. The van der Waals surface area contributed by atoms with E-state index in [4.69, 9.17) is 21.4 Å². The van der Waals surface area contributed by atoms with Gasteiger partial charge in [-0.2, -0.15) is 0 Å². The van der Waals surface area contributed by atoms with Crippen LogP contribution in [0.3, 0.4) is 0 Å². The van der Waals surface area contributed by atoms with E-state index in [2.05, 4.69) is 0 Å². The number of carbonyl (C=O) groups is 2. The minimum atomic E-state index is -0.980. The van der Waals surface area contributed by atoms with E-state index in [0.717, 1.165) is 5.56 Å². The fourth-order valence-corrected chi connectivity index (χ4v) is 2.69. The molecule has 0 bridgehead atoms. The number of halogens is 1. The molecule has 0 fully saturated rings. The zero-order valence-electron chi connectivity index (χ0n) is 12.6. The van der Waals surface area contributed by atoms with Gasteiger partial charge < -0.3 is 9.84 Å². The molecule has 5 nitrogen and oxygen atoms in total. The van der Waals surface area contributed by atoms with E-state index in [0.29, 0.717) is 21.5 Å². The van der Waals surface area contributed by atoms with Crippen LogP contribution in [0.25, 0.3) is 10.9 Å². The second-order valence-corrected chi connectivity index (χ2v) is 5.73. The Balaban J connectivity index is 1.90. The molecule has 0 aliphatic carbocycles. The van der Waals surface area contributed by atoms with Gasteiger partial charge >= 0.3 is 12.1 Å². The molecule has 0 radical (unpaired) electrons. The molecule has 0 saturated carbocycles. The van der Waals surface area contributed by atoms with E-state index in [1.807, 2.05) is 30.3 Å². The summed E-state index contributed by atoms with van der Waals surface area (Å²) in [5.74, 6) is -0.980. The molecular weight excluding hydrogens is 330 g/mol. The van der Waals surface area contributed by atoms with E-state index in [1.54, 1.807) is 18.2 Å². The van der Waals surface area contributed by atoms with Crippen molar-refractivity contribution in [2.24, 2.45) is 0 Å². The molecule has 3 aromatic rings. The lowest BCUT2D eigenvalue weighted by molar-refractivity contribution is -0.136. The number of hydrogen-bond donors (Lipinski definition) is 1. The summed E-state index contributed by atoms with van der Waals surface area (Å²) >= 11 is 5.98. The van der Waals surface area contributed by atoms with Crippen molar-refractivity contribution in [3.05, 3.63) is 70.9 Å². The van der Waals surface area contributed by atoms with Crippen LogP contribution in [0, 0.1) is 0 Å². The maximum absolute atomic E-state index is 12.4. The molecule has 1 heterocycles. The number of carbonyl (C=O) groups excluding carboxylic acids is 1. The van der Waals surface area contributed by atoms with E-state index < -0.39 is 12.1 Å². The molecule has 0 spiro atoms. The van der Waals surface area contributed by atoms with Gasteiger partial charge in [-0.1, -0.05) is 41.9 Å². The number of carboxylic acid groups (broad SMARTS) is 1. The monoisotopic (exact) mass is 343 g/mol. The number of nitrogens with zero attached hydrogens (tertiary/aromatic N) is 1. The van der Waals surface area contributed by atoms with Crippen molar-refractivity contribution in [3.8, 4) is 0 Å². The molecule has 6 heteroatoms. The molecule has 2 aromatic carbocycles. The van der Waals surface area contributed by atoms with Crippen molar-refractivity contribution in [2.75, 3.05) is 0 Å². The van der Waals surface area contributed by atoms with E-state index in [-0.39, 0.29) is 13.0 Å². The van der Waals surface area contributed by atoms with Gasteiger partial charge in [-0.15, -0.1) is 0 Å². The van der Waals surface area contributed by atoms with Crippen LogP contribution >= 0.6 is 11.6 Å². The third kappa shape index (κ3) is 3.41. The molecule has 0 aliphatic rings. The lowest BCUT2D eigenvalue weighted by Gasteiger charge is -2.06. The maximum atomic E-state index is 12.4. The zero-order valence-corrected chi connectivity index (χ0v) is 13.4. The molecule has 1 N–H and O–H groups in total. The largest absolute Gasteiger partial charge is 0.481 e. The molecule has 0 unspecified atom stereocenters. The second kappa shape index (κ2) is 6.76. The van der Waals surface area contributed by atoms with Gasteiger partial charge in [-0.25, -0.2) is 4.79 Å². The Bertz CT molecular complexity index is 902. The number of aromatic nitrogens is 1. The van der Waals surface area contributed by atoms with Crippen LogP contribution in [0.5, 0.6) is 0 Å². The van der Waals surface area contributed by atoms with Crippen LogP contribution in [0.4, 0.5) is 4.79 Å². The standard InChI is InChI=1S/C18H14ClNO4/c19-14-6-7-16-15(9-14)13(8-17(21)22)10-20(16)18(23)24-11-12-4-2-1-3-5-12/h1-7,9-10H,8,11H2,(H,21,22). The molecule has 3 rings (SSSR count). The second-order valence-electron chi connectivity index (χ2n) is 5.30. The van der Waals surface area contributed by atoms with Crippen LogP contribution in [-0.2, 0) is 22.6 Å². The molecule has 0 saturated heterocycles. The van der Waals surface area contributed by atoms with Gasteiger partial charge in [0.25, 0.3) is 0 Å². The minimum Gasteiger partial charge on any atom is -0.481 e. The first-order valence-corrected chi connectivity index (χ1v) is 7.65. The highest BCUT2D eigenvalue weighted by Gasteiger charge is 2.17. The van der Waals surface area contributed by atoms with Gasteiger partial charge in [0.15, 0.2) is 0 Å². The van der Waals surface area contributed by atoms with Crippen molar-refractivity contribution in [1.29, 1.82) is 0 Å². The predicted molar refractivity (Wildman–Crippen MR) is 90.3 cm³/mol. The number of aliphatic carboxylic acids is 1. The van der Waals surface area contributed by atoms with Gasteiger partial charge in [-0.05, 0) is 29.3 Å². The van der Waals surface area contributed by atoms with Crippen LogP contribution in [0.1, 0.15) is 11.1 Å². The Hall–Kier alpha value is -2.79. The van der Waals surface area contributed by atoms with Crippen molar-refractivity contribution in [1.82, 2.24) is 4.57 Å². The normalized spacial score (nSPS) is 10.7. The summed E-state index contributed by atoms with van der Waals surface area (Å²) in [6.07, 6.45) is 0.723. The fraction of sp³-hybridized carbons (Fsp3) is 0.111. The summed E-state index contributed by atoms with van der Waals surface area (Å²) < 4.78 is 6.63. The molecule has 1 aromatic heterocycles. The first-order chi connectivity index (χ1) is 11.5. The summed E-state index contributed by atoms with van der Waals surface area (Å²) in [7, 11) is 0. The third-order valence-electron chi connectivity index (χ3n) is 3.59. The number of ether oxygens (including phenoxy) is 1. The first-order valence-electron chi connectivity index (χ1n) is 7.27.